The summed E-state index contributed by atoms with van der Waals surface area (Å²) in [6.07, 6.45) is -10.7. The molecule has 0 saturated carbocycles. The lowest BCUT2D eigenvalue weighted by molar-refractivity contribution is -0.278. The van der Waals surface area contributed by atoms with Gasteiger partial charge in [0.05, 0.1) is 20.6 Å². The smallest absolute Gasteiger partial charge is 0.496 e. The van der Waals surface area contributed by atoms with Gasteiger partial charge in [-0.15, -0.1) is 13.2 Å². The van der Waals surface area contributed by atoms with Crippen LogP contribution in [0.5, 0.6) is 11.6 Å². The number of pyridine rings is 1. The third-order valence-electron chi connectivity index (χ3n) is 2.33. The highest BCUT2D eigenvalue weighted by Gasteiger charge is 2.44. The van der Waals surface area contributed by atoms with E-state index in [1.54, 1.807) is 0 Å². The molecule has 0 radical (unpaired) electrons. The second-order valence-corrected chi connectivity index (χ2v) is 3.80. The van der Waals surface area contributed by atoms with Crippen molar-refractivity contribution < 1.29 is 45.3 Å². The zero-order chi connectivity index (χ0) is 17.1. The van der Waals surface area contributed by atoms with Crippen LogP contribution in [-0.2, 0) is 22.1 Å². The molecule has 124 valence electrons. The Morgan fingerprint density at radius 3 is 2.18 bits per heavy atom. The van der Waals surface area contributed by atoms with Gasteiger partial charge >= 0.3 is 18.5 Å². The van der Waals surface area contributed by atoms with E-state index in [-0.39, 0.29) is 0 Å². The molecule has 11 heteroatoms. The molecule has 0 amide bonds. The number of halogens is 6. The summed E-state index contributed by atoms with van der Waals surface area (Å²) in [6.45, 7) is 0. The van der Waals surface area contributed by atoms with E-state index in [1.165, 1.54) is 0 Å². The lowest BCUT2D eigenvalue weighted by Crippen LogP contribution is -2.22. The number of esters is 1. The highest BCUT2D eigenvalue weighted by Crippen LogP contribution is 2.44. The molecule has 1 aromatic heterocycles. The highest BCUT2D eigenvalue weighted by molar-refractivity contribution is 5.73. The first-order chi connectivity index (χ1) is 9.99. The molecule has 0 aliphatic rings. The van der Waals surface area contributed by atoms with E-state index in [1.807, 2.05) is 0 Å². The Balaban J connectivity index is 3.47. The maximum absolute atomic E-state index is 13.0. The van der Waals surface area contributed by atoms with Crippen molar-refractivity contribution in [2.45, 2.75) is 19.0 Å². The van der Waals surface area contributed by atoms with E-state index in [0.29, 0.717) is 6.20 Å². The van der Waals surface area contributed by atoms with Crippen LogP contribution in [0.2, 0.25) is 0 Å². The fourth-order valence-corrected chi connectivity index (χ4v) is 1.54. The van der Waals surface area contributed by atoms with E-state index in [9.17, 15) is 31.1 Å². The van der Waals surface area contributed by atoms with Crippen molar-refractivity contribution in [1.82, 2.24) is 4.98 Å². The van der Waals surface area contributed by atoms with Gasteiger partial charge in [-0.1, -0.05) is 0 Å². The molecule has 1 aromatic rings. The van der Waals surface area contributed by atoms with Crippen molar-refractivity contribution in [2.24, 2.45) is 0 Å². The number of alkyl halides is 6. The van der Waals surface area contributed by atoms with E-state index in [2.05, 4.69) is 19.2 Å². The lowest BCUT2D eigenvalue weighted by Gasteiger charge is -2.19. The van der Waals surface area contributed by atoms with Gasteiger partial charge in [-0.3, -0.25) is 4.79 Å². The Morgan fingerprint density at radius 2 is 1.77 bits per heavy atom. The summed E-state index contributed by atoms with van der Waals surface area (Å²) in [5.74, 6) is -3.63. The first-order valence-corrected chi connectivity index (χ1v) is 5.45. The van der Waals surface area contributed by atoms with Crippen LogP contribution < -0.4 is 9.47 Å². The number of methoxy groups -OCH3 is 2. The monoisotopic (exact) mass is 333 g/mol. The molecule has 0 fully saturated rings. The minimum Gasteiger partial charge on any atom is -0.496 e. The molecule has 0 atom stereocenters. The number of ether oxygens (including phenoxy) is 3. The number of carbonyl (C=O) groups is 1. The SMILES string of the molecule is COC(=O)Cc1cnc(OC(F)(F)F)c(C(F)(F)F)c1OC. The lowest BCUT2D eigenvalue weighted by atomic mass is 10.1. The molecule has 1 rings (SSSR count). The zero-order valence-electron chi connectivity index (χ0n) is 11.1. The first-order valence-electron chi connectivity index (χ1n) is 5.45. The van der Waals surface area contributed by atoms with Gasteiger partial charge < -0.3 is 14.2 Å². The molecule has 0 N–H and O–H groups in total. The van der Waals surface area contributed by atoms with Crippen LogP contribution >= 0.6 is 0 Å². The van der Waals surface area contributed by atoms with Gasteiger partial charge in [-0.2, -0.15) is 13.2 Å². The Labute approximate surface area is 119 Å². The molecule has 5 nitrogen and oxygen atoms in total. The predicted octanol–water partition coefficient (Wildman–Crippen LogP) is 2.72. The van der Waals surface area contributed by atoms with Crippen LogP contribution in [0.15, 0.2) is 6.20 Å². The summed E-state index contributed by atoms with van der Waals surface area (Å²) in [7, 11) is 1.80. The molecule has 22 heavy (non-hydrogen) atoms. The molecule has 0 spiro atoms. The molecular formula is C11H9F6NO4. The minimum absolute atomic E-state index is 0.392. The normalized spacial score (nSPS) is 12.0. The van der Waals surface area contributed by atoms with Crippen molar-refractivity contribution in [3.8, 4) is 11.6 Å². The van der Waals surface area contributed by atoms with Crippen LogP contribution in [-0.4, -0.2) is 31.5 Å². The van der Waals surface area contributed by atoms with Crippen molar-refractivity contribution >= 4 is 5.97 Å². The van der Waals surface area contributed by atoms with Crippen molar-refractivity contribution in [3.05, 3.63) is 17.3 Å². The molecule has 0 bridgehead atoms. The van der Waals surface area contributed by atoms with E-state index >= 15 is 0 Å². The summed E-state index contributed by atoms with van der Waals surface area (Å²) < 4.78 is 87.5. The number of aromatic nitrogens is 1. The summed E-state index contributed by atoms with van der Waals surface area (Å²) in [4.78, 5) is 14.1. The minimum atomic E-state index is -5.37. The Bertz CT molecular complexity index is 555. The molecule has 0 aromatic carbocycles. The quantitative estimate of drug-likeness (QED) is 0.626. The average molecular weight is 333 g/mol. The number of rotatable bonds is 4. The van der Waals surface area contributed by atoms with Crippen LogP contribution in [0.1, 0.15) is 11.1 Å². The fourth-order valence-electron chi connectivity index (χ4n) is 1.54. The van der Waals surface area contributed by atoms with Gasteiger partial charge in [0.1, 0.15) is 5.75 Å². The molecule has 0 saturated heterocycles. The van der Waals surface area contributed by atoms with Gasteiger partial charge in [0.2, 0.25) is 5.88 Å². The Morgan fingerprint density at radius 1 is 1.18 bits per heavy atom. The van der Waals surface area contributed by atoms with Crippen LogP contribution in [0.25, 0.3) is 0 Å². The van der Waals surface area contributed by atoms with E-state index in [0.717, 1.165) is 14.2 Å². The summed E-state index contributed by atoms with van der Waals surface area (Å²) in [6, 6.07) is 0. The van der Waals surface area contributed by atoms with Gasteiger partial charge in [-0.25, -0.2) is 4.98 Å². The Hall–Kier alpha value is -2.20. The third-order valence-corrected chi connectivity index (χ3v) is 2.33. The van der Waals surface area contributed by atoms with Gasteiger partial charge in [0, 0.05) is 11.8 Å². The zero-order valence-corrected chi connectivity index (χ0v) is 11.1. The van der Waals surface area contributed by atoms with Crippen molar-refractivity contribution in [2.75, 3.05) is 14.2 Å². The fraction of sp³-hybridized carbons (Fsp3) is 0.455. The first kappa shape index (κ1) is 17.9. The average Bonchev–Trinajstić information content (AvgIpc) is 2.36. The van der Waals surface area contributed by atoms with Gasteiger partial charge in [0.25, 0.3) is 0 Å². The maximum atomic E-state index is 13.0. The van der Waals surface area contributed by atoms with Crippen LogP contribution in [0.3, 0.4) is 0 Å². The number of carbonyl (C=O) groups excluding carboxylic acids is 1. The topological polar surface area (TPSA) is 57.7 Å². The van der Waals surface area contributed by atoms with Gasteiger partial charge in [-0.05, 0) is 0 Å². The number of hydrogen-bond donors (Lipinski definition) is 0. The summed E-state index contributed by atoms with van der Waals surface area (Å²) in [5.41, 5.74) is -2.26. The molecule has 0 unspecified atom stereocenters. The molecular weight excluding hydrogens is 324 g/mol. The highest BCUT2D eigenvalue weighted by atomic mass is 19.4. The van der Waals surface area contributed by atoms with Crippen molar-refractivity contribution in [1.29, 1.82) is 0 Å². The van der Waals surface area contributed by atoms with E-state index in [4.69, 9.17) is 0 Å². The molecule has 0 aliphatic heterocycles. The van der Waals surface area contributed by atoms with Gasteiger partial charge in [0.15, 0.2) is 5.56 Å². The number of nitrogens with zero attached hydrogens (tertiary/aromatic N) is 1. The molecule has 1 heterocycles. The summed E-state index contributed by atoms with van der Waals surface area (Å²) in [5, 5.41) is 0. The Kier molecular flexibility index (Phi) is 5.09. The molecule has 0 aliphatic carbocycles. The third kappa shape index (κ3) is 4.40. The summed E-state index contributed by atoms with van der Waals surface area (Å²) >= 11 is 0. The van der Waals surface area contributed by atoms with Crippen LogP contribution in [0, 0.1) is 0 Å². The van der Waals surface area contributed by atoms with E-state index < -0.39 is 47.7 Å². The van der Waals surface area contributed by atoms with Crippen molar-refractivity contribution in [3.63, 3.8) is 0 Å². The predicted molar refractivity (Wildman–Crippen MR) is 58.2 cm³/mol. The van der Waals surface area contributed by atoms with Crippen LogP contribution in [0.4, 0.5) is 26.3 Å². The standard InChI is InChI=1S/C11H9F6NO4/c1-20-6(19)3-5-4-18-9(22-11(15,16)17)7(8(5)21-2)10(12,13)14/h4H,3H2,1-2H3. The largest absolute Gasteiger partial charge is 0.574 e. The maximum Gasteiger partial charge on any atom is 0.574 e. The second-order valence-electron chi connectivity index (χ2n) is 3.80. The second kappa shape index (κ2) is 6.28. The number of hydrogen-bond acceptors (Lipinski definition) is 5.